The van der Waals surface area contributed by atoms with Gasteiger partial charge in [-0.2, -0.15) is 0 Å². The summed E-state index contributed by atoms with van der Waals surface area (Å²) in [5.41, 5.74) is 4.56. The molecule has 4 nitrogen and oxygen atoms in total. The third-order valence-corrected chi connectivity index (χ3v) is 3.36. The van der Waals surface area contributed by atoms with E-state index in [0.29, 0.717) is 6.42 Å². The summed E-state index contributed by atoms with van der Waals surface area (Å²) in [7, 11) is 1.61. The Bertz CT molecular complexity index is 494. The maximum Gasteiger partial charge on any atom is 0.254 e. The van der Waals surface area contributed by atoms with Gasteiger partial charge < -0.3 is 15.8 Å². The smallest absolute Gasteiger partial charge is 0.254 e. The van der Waals surface area contributed by atoms with Gasteiger partial charge in [0.05, 0.1) is 17.4 Å². The number of carbonyl (C=O) groups is 1. The van der Waals surface area contributed by atoms with Gasteiger partial charge in [0.1, 0.15) is 5.82 Å². The monoisotopic (exact) mass is 270 g/mol. The Hall–Kier alpha value is -1.69. The van der Waals surface area contributed by atoms with Crippen LogP contribution in [0.4, 0.5) is 14.5 Å². The molecule has 0 spiro atoms. The summed E-state index contributed by atoms with van der Waals surface area (Å²) in [5.74, 6) is -2.27. The first-order chi connectivity index (χ1) is 9.01. The third kappa shape index (κ3) is 3.01. The fraction of sp³-hybridized carbons (Fsp3) is 0.462. The Kier molecular flexibility index (Phi) is 3.99. The highest BCUT2D eigenvalue weighted by atomic mass is 19.1. The van der Waals surface area contributed by atoms with Crippen LogP contribution in [0.3, 0.4) is 0 Å². The Morgan fingerprint density at radius 3 is 2.79 bits per heavy atom. The van der Waals surface area contributed by atoms with E-state index >= 15 is 0 Å². The number of rotatable bonds is 3. The number of carbonyl (C=O) groups excluding carboxylic acids is 1. The minimum Gasteiger partial charge on any atom is -0.396 e. The van der Waals surface area contributed by atoms with Gasteiger partial charge >= 0.3 is 0 Å². The van der Waals surface area contributed by atoms with E-state index in [4.69, 9.17) is 10.5 Å². The molecule has 0 bridgehead atoms. The van der Waals surface area contributed by atoms with Gasteiger partial charge in [-0.25, -0.2) is 8.78 Å². The third-order valence-electron chi connectivity index (χ3n) is 3.36. The fourth-order valence-corrected chi connectivity index (χ4v) is 2.32. The molecule has 0 aromatic heterocycles. The molecule has 1 saturated carbocycles. The quantitative estimate of drug-likeness (QED) is 0.824. The number of hydrogen-bond acceptors (Lipinski definition) is 3. The minimum absolute atomic E-state index is 0.0821. The van der Waals surface area contributed by atoms with E-state index in [9.17, 15) is 13.6 Å². The molecular formula is C13H16F2N2O2. The van der Waals surface area contributed by atoms with Crippen molar-refractivity contribution in [1.82, 2.24) is 5.32 Å². The number of ether oxygens (including phenoxy) is 1. The molecule has 104 valence electrons. The minimum atomic E-state index is -0.889. The SMILES string of the molecule is COC1CCC(NC(=O)c2cc(F)cc(N)c2F)C1. The number of nitrogens with two attached hydrogens (primary N) is 1. The molecule has 0 heterocycles. The zero-order valence-corrected chi connectivity index (χ0v) is 10.6. The van der Waals surface area contributed by atoms with Gasteiger partial charge in [-0.15, -0.1) is 0 Å². The number of nitrogens with one attached hydrogen (secondary N) is 1. The Morgan fingerprint density at radius 2 is 2.16 bits per heavy atom. The second-order valence-corrected chi connectivity index (χ2v) is 4.70. The van der Waals surface area contributed by atoms with Crippen molar-refractivity contribution in [3.05, 3.63) is 29.3 Å². The zero-order valence-electron chi connectivity index (χ0n) is 10.6. The highest BCUT2D eigenvalue weighted by molar-refractivity contribution is 5.95. The van der Waals surface area contributed by atoms with Crippen LogP contribution in [-0.4, -0.2) is 25.2 Å². The number of nitrogen functional groups attached to an aromatic ring is 1. The molecule has 2 unspecified atom stereocenters. The van der Waals surface area contributed by atoms with Crippen molar-refractivity contribution in [2.24, 2.45) is 0 Å². The number of amides is 1. The highest BCUT2D eigenvalue weighted by Crippen LogP contribution is 2.23. The average molecular weight is 270 g/mol. The van der Waals surface area contributed by atoms with Gasteiger partial charge in [0.15, 0.2) is 5.82 Å². The molecule has 6 heteroatoms. The molecule has 2 rings (SSSR count). The van der Waals surface area contributed by atoms with Crippen LogP contribution in [0.5, 0.6) is 0 Å². The molecule has 1 amide bonds. The zero-order chi connectivity index (χ0) is 14.0. The summed E-state index contributed by atoms with van der Waals surface area (Å²) in [6, 6.07) is 1.62. The molecule has 0 aliphatic heterocycles. The predicted molar refractivity (Wildman–Crippen MR) is 66.7 cm³/mol. The van der Waals surface area contributed by atoms with Crippen LogP contribution >= 0.6 is 0 Å². The molecule has 1 fully saturated rings. The molecule has 1 aromatic carbocycles. The van der Waals surface area contributed by atoms with E-state index in [2.05, 4.69) is 5.32 Å². The average Bonchev–Trinajstić information content (AvgIpc) is 2.81. The van der Waals surface area contributed by atoms with Gasteiger partial charge in [-0.1, -0.05) is 0 Å². The molecule has 0 saturated heterocycles. The van der Waals surface area contributed by atoms with Gasteiger partial charge in [-0.05, 0) is 31.4 Å². The lowest BCUT2D eigenvalue weighted by atomic mass is 10.1. The van der Waals surface area contributed by atoms with Crippen LogP contribution in [0, 0.1) is 11.6 Å². The summed E-state index contributed by atoms with van der Waals surface area (Å²) in [5, 5.41) is 2.67. The van der Waals surface area contributed by atoms with Crippen LogP contribution < -0.4 is 11.1 Å². The van der Waals surface area contributed by atoms with Gasteiger partial charge in [0.2, 0.25) is 0 Å². The highest BCUT2D eigenvalue weighted by Gasteiger charge is 2.27. The molecule has 1 aliphatic carbocycles. The Morgan fingerprint density at radius 1 is 1.42 bits per heavy atom. The van der Waals surface area contributed by atoms with E-state index in [1.165, 1.54) is 0 Å². The number of hydrogen-bond donors (Lipinski definition) is 2. The number of anilines is 1. The maximum absolute atomic E-state index is 13.7. The summed E-state index contributed by atoms with van der Waals surface area (Å²) in [6.45, 7) is 0. The van der Waals surface area contributed by atoms with Crippen molar-refractivity contribution in [1.29, 1.82) is 0 Å². The Balaban J connectivity index is 2.08. The molecule has 3 N–H and O–H groups in total. The van der Waals surface area contributed by atoms with Crippen LogP contribution in [-0.2, 0) is 4.74 Å². The number of benzene rings is 1. The van der Waals surface area contributed by atoms with Crippen molar-refractivity contribution in [3.8, 4) is 0 Å². The summed E-state index contributed by atoms with van der Waals surface area (Å²) in [6.07, 6.45) is 2.38. The van der Waals surface area contributed by atoms with Crippen molar-refractivity contribution < 1.29 is 18.3 Å². The second kappa shape index (κ2) is 5.52. The van der Waals surface area contributed by atoms with E-state index in [-0.39, 0.29) is 23.4 Å². The maximum atomic E-state index is 13.7. The molecule has 1 aromatic rings. The lowest BCUT2D eigenvalue weighted by Gasteiger charge is -2.14. The first-order valence-corrected chi connectivity index (χ1v) is 6.09. The van der Waals surface area contributed by atoms with Crippen molar-refractivity contribution in [2.75, 3.05) is 12.8 Å². The fourth-order valence-electron chi connectivity index (χ4n) is 2.32. The van der Waals surface area contributed by atoms with E-state index < -0.39 is 17.5 Å². The summed E-state index contributed by atoms with van der Waals surface area (Å²) < 4.78 is 32.0. The predicted octanol–water partition coefficient (Wildman–Crippen LogP) is 1.84. The van der Waals surface area contributed by atoms with Crippen LogP contribution in [0.25, 0.3) is 0 Å². The molecule has 0 radical (unpaired) electrons. The summed E-state index contributed by atoms with van der Waals surface area (Å²) >= 11 is 0. The molecule has 19 heavy (non-hydrogen) atoms. The lowest BCUT2D eigenvalue weighted by molar-refractivity contribution is 0.0911. The largest absolute Gasteiger partial charge is 0.396 e. The van der Waals surface area contributed by atoms with E-state index in [0.717, 1.165) is 25.0 Å². The van der Waals surface area contributed by atoms with Crippen molar-refractivity contribution in [2.45, 2.75) is 31.4 Å². The normalized spacial score (nSPS) is 22.5. The first-order valence-electron chi connectivity index (χ1n) is 6.09. The molecule has 1 aliphatic rings. The van der Waals surface area contributed by atoms with Crippen LogP contribution in [0.2, 0.25) is 0 Å². The standard InChI is InChI=1S/C13H16F2N2O2/c1-19-9-3-2-8(6-9)17-13(18)10-4-7(14)5-11(16)12(10)15/h4-5,8-9H,2-3,6,16H2,1H3,(H,17,18). The van der Waals surface area contributed by atoms with Crippen LogP contribution in [0.1, 0.15) is 29.6 Å². The van der Waals surface area contributed by atoms with Crippen molar-refractivity contribution in [3.63, 3.8) is 0 Å². The van der Waals surface area contributed by atoms with Gasteiger partial charge in [0, 0.05) is 13.2 Å². The first kappa shape index (κ1) is 13.7. The van der Waals surface area contributed by atoms with E-state index in [1.54, 1.807) is 7.11 Å². The number of halogens is 2. The van der Waals surface area contributed by atoms with Gasteiger partial charge in [-0.3, -0.25) is 4.79 Å². The van der Waals surface area contributed by atoms with E-state index in [1.807, 2.05) is 0 Å². The van der Waals surface area contributed by atoms with Crippen molar-refractivity contribution >= 4 is 11.6 Å². The molecule has 2 atom stereocenters. The number of methoxy groups -OCH3 is 1. The topological polar surface area (TPSA) is 64.3 Å². The van der Waals surface area contributed by atoms with Gasteiger partial charge in [0.25, 0.3) is 5.91 Å². The lowest BCUT2D eigenvalue weighted by Crippen LogP contribution is -2.34. The Labute approximate surface area is 109 Å². The van der Waals surface area contributed by atoms with Crippen LogP contribution in [0.15, 0.2) is 12.1 Å². The summed E-state index contributed by atoms with van der Waals surface area (Å²) in [4.78, 5) is 11.9. The second-order valence-electron chi connectivity index (χ2n) is 4.70. The molecular weight excluding hydrogens is 254 g/mol.